The molecule has 1 N–H and O–H groups in total. The van der Waals surface area contributed by atoms with Crippen LogP contribution < -0.4 is 4.74 Å². The molecule has 0 unspecified atom stereocenters. The van der Waals surface area contributed by atoms with Gasteiger partial charge in [0, 0.05) is 17.8 Å². The van der Waals surface area contributed by atoms with Crippen molar-refractivity contribution in [2.45, 2.75) is 13.8 Å². The predicted octanol–water partition coefficient (Wildman–Crippen LogP) is 4.42. The zero-order valence-corrected chi connectivity index (χ0v) is 19.5. The lowest BCUT2D eigenvalue weighted by Gasteiger charge is -2.17. The number of halogens is 1. The molecule has 0 radical (unpaired) electrons. The maximum absolute atomic E-state index is 9.19. The molecule has 31 heavy (non-hydrogen) atoms. The summed E-state index contributed by atoms with van der Waals surface area (Å²) in [6.07, 6.45) is 2.72. The van der Waals surface area contributed by atoms with Gasteiger partial charge in [0.2, 0.25) is 5.88 Å². The molecule has 7 nitrogen and oxygen atoms in total. The van der Waals surface area contributed by atoms with E-state index < -0.39 is 10.1 Å². The van der Waals surface area contributed by atoms with Crippen molar-refractivity contribution >= 4 is 21.7 Å². The van der Waals surface area contributed by atoms with Crippen molar-refractivity contribution in [3.05, 3.63) is 65.8 Å². The Balaban J connectivity index is 0.000000614. The van der Waals surface area contributed by atoms with Crippen LogP contribution in [-0.4, -0.2) is 60.1 Å². The number of benzene rings is 2. The molecule has 1 heterocycles. The van der Waals surface area contributed by atoms with Gasteiger partial charge in [0.25, 0.3) is 10.1 Å². The van der Waals surface area contributed by atoms with Crippen LogP contribution in [0.1, 0.15) is 13.8 Å². The molecule has 0 fully saturated rings. The van der Waals surface area contributed by atoms with E-state index in [9.17, 15) is 8.42 Å². The molecule has 0 aliphatic heterocycles. The molecule has 0 amide bonds. The van der Waals surface area contributed by atoms with Crippen molar-refractivity contribution in [3.63, 3.8) is 0 Å². The highest BCUT2D eigenvalue weighted by molar-refractivity contribution is 7.85. The molecule has 0 atom stereocenters. The fourth-order valence-electron chi connectivity index (χ4n) is 2.82. The molecule has 0 saturated carbocycles. The quantitative estimate of drug-likeness (QED) is 0.496. The molecule has 3 aromatic rings. The molecule has 2 aromatic carbocycles. The lowest BCUT2D eigenvalue weighted by Crippen LogP contribution is -2.28. The first-order valence-electron chi connectivity index (χ1n) is 9.89. The first-order chi connectivity index (χ1) is 14.7. The van der Waals surface area contributed by atoms with Crippen molar-refractivity contribution < 1.29 is 17.7 Å². The van der Waals surface area contributed by atoms with Crippen molar-refractivity contribution in [1.82, 2.24) is 14.7 Å². The minimum absolute atomic E-state index is 0.610. The Morgan fingerprint density at radius 2 is 1.65 bits per heavy atom. The molecule has 0 aliphatic rings. The van der Waals surface area contributed by atoms with Gasteiger partial charge in [0.1, 0.15) is 6.61 Å². The fraction of sp³-hybridized carbons (Fsp3) is 0.318. The monoisotopic (exact) mass is 465 g/mol. The van der Waals surface area contributed by atoms with Gasteiger partial charge in [-0.1, -0.05) is 55.8 Å². The van der Waals surface area contributed by atoms with Crippen LogP contribution in [0.5, 0.6) is 5.88 Å². The average Bonchev–Trinajstić information content (AvgIpc) is 3.15. The molecule has 0 aliphatic carbocycles. The number of hydrogen-bond donors (Lipinski definition) is 1. The SMILES string of the molecule is CCN(CC)CCOc1nn(-c2ccc(Cl)cc2)cc1-c1ccccc1.CS(=O)(=O)O. The average molecular weight is 466 g/mol. The Hall–Kier alpha value is -2.39. The first-order valence-corrected chi connectivity index (χ1v) is 12.1. The van der Waals surface area contributed by atoms with E-state index in [-0.39, 0.29) is 0 Å². The van der Waals surface area contributed by atoms with Crippen molar-refractivity contribution in [2.75, 3.05) is 32.5 Å². The summed E-state index contributed by atoms with van der Waals surface area (Å²) in [6.45, 7) is 7.85. The van der Waals surface area contributed by atoms with Gasteiger partial charge < -0.3 is 9.64 Å². The highest BCUT2D eigenvalue weighted by Crippen LogP contribution is 2.30. The number of aromatic nitrogens is 2. The first kappa shape index (κ1) is 24.9. The topological polar surface area (TPSA) is 84.7 Å². The third-order valence-corrected chi connectivity index (χ3v) is 4.65. The predicted molar refractivity (Wildman–Crippen MR) is 125 cm³/mol. The molecule has 1 aromatic heterocycles. The molecule has 9 heteroatoms. The number of rotatable bonds is 8. The van der Waals surface area contributed by atoms with Crippen molar-refractivity contribution in [3.8, 4) is 22.7 Å². The maximum atomic E-state index is 9.19. The van der Waals surface area contributed by atoms with Gasteiger partial charge in [0.05, 0.1) is 17.5 Å². The summed E-state index contributed by atoms with van der Waals surface area (Å²) >= 11 is 6.00. The van der Waals surface area contributed by atoms with Crippen LogP contribution in [0, 0.1) is 0 Å². The molecule has 0 saturated heterocycles. The van der Waals surface area contributed by atoms with E-state index in [1.807, 2.05) is 53.3 Å². The molecule has 168 valence electrons. The van der Waals surface area contributed by atoms with Crippen molar-refractivity contribution in [1.29, 1.82) is 0 Å². The molecular formula is C22H28ClN3O4S. The van der Waals surface area contributed by atoms with E-state index in [0.717, 1.165) is 36.4 Å². The summed E-state index contributed by atoms with van der Waals surface area (Å²) in [5, 5.41) is 5.38. The van der Waals surface area contributed by atoms with Crippen LogP contribution in [0.15, 0.2) is 60.8 Å². The van der Waals surface area contributed by atoms with Crippen LogP contribution in [-0.2, 0) is 10.1 Å². The zero-order chi connectivity index (χ0) is 22.9. The third kappa shape index (κ3) is 8.70. The molecule has 0 bridgehead atoms. The second kappa shape index (κ2) is 11.9. The lowest BCUT2D eigenvalue weighted by molar-refractivity contribution is 0.218. The minimum Gasteiger partial charge on any atom is -0.475 e. The fourth-order valence-corrected chi connectivity index (χ4v) is 2.94. The lowest BCUT2D eigenvalue weighted by atomic mass is 10.1. The minimum atomic E-state index is -3.67. The number of nitrogens with zero attached hydrogens (tertiary/aromatic N) is 3. The zero-order valence-electron chi connectivity index (χ0n) is 17.9. The summed E-state index contributed by atoms with van der Waals surface area (Å²) in [5.41, 5.74) is 3.02. The van der Waals surface area contributed by atoms with Gasteiger partial charge in [-0.15, -0.1) is 5.10 Å². The third-order valence-electron chi connectivity index (χ3n) is 4.40. The van der Waals surface area contributed by atoms with Gasteiger partial charge in [-0.05, 0) is 42.9 Å². The smallest absolute Gasteiger partial charge is 0.261 e. The van der Waals surface area contributed by atoms with E-state index in [4.69, 9.17) is 20.9 Å². The van der Waals surface area contributed by atoms with Crippen LogP contribution in [0.4, 0.5) is 0 Å². The number of ether oxygens (including phenoxy) is 1. The number of hydrogen-bond acceptors (Lipinski definition) is 5. The van der Waals surface area contributed by atoms with Gasteiger partial charge in [-0.25, -0.2) is 4.68 Å². The van der Waals surface area contributed by atoms with E-state index >= 15 is 0 Å². The Morgan fingerprint density at radius 1 is 1.06 bits per heavy atom. The highest BCUT2D eigenvalue weighted by atomic mass is 35.5. The standard InChI is InChI=1S/C21H24ClN3O.CH4O3S/c1-3-24(4-2)14-15-26-21-20(17-8-6-5-7-9-17)16-25(23-21)19-12-10-18(22)11-13-19;1-5(2,3)4/h5-13,16H,3-4,14-15H2,1-2H3;1H3,(H,2,3,4). The Morgan fingerprint density at radius 3 is 2.19 bits per heavy atom. The van der Waals surface area contributed by atoms with Crippen LogP contribution in [0.2, 0.25) is 5.02 Å². The van der Waals surface area contributed by atoms with E-state index in [0.29, 0.717) is 23.8 Å². The van der Waals surface area contributed by atoms with E-state index in [1.165, 1.54) is 0 Å². The van der Waals surface area contributed by atoms with Gasteiger partial charge in [0.15, 0.2) is 0 Å². The van der Waals surface area contributed by atoms with E-state index in [1.54, 1.807) is 0 Å². The summed E-state index contributed by atoms with van der Waals surface area (Å²) in [7, 11) is -3.67. The highest BCUT2D eigenvalue weighted by Gasteiger charge is 2.14. The molecular weight excluding hydrogens is 438 g/mol. The second-order valence-corrected chi connectivity index (χ2v) is 8.65. The Labute approximate surface area is 189 Å². The van der Waals surface area contributed by atoms with Crippen LogP contribution in [0.25, 0.3) is 16.8 Å². The van der Waals surface area contributed by atoms with E-state index in [2.05, 4.69) is 36.0 Å². The number of likely N-dealkylation sites (N-methyl/N-ethyl adjacent to an activating group) is 1. The van der Waals surface area contributed by atoms with Crippen LogP contribution >= 0.6 is 11.6 Å². The molecule has 0 spiro atoms. The summed E-state index contributed by atoms with van der Waals surface area (Å²) in [6, 6.07) is 17.8. The molecule has 3 rings (SSSR count). The Bertz CT molecular complexity index is 1030. The second-order valence-electron chi connectivity index (χ2n) is 6.74. The van der Waals surface area contributed by atoms with Crippen molar-refractivity contribution in [2.24, 2.45) is 0 Å². The largest absolute Gasteiger partial charge is 0.475 e. The van der Waals surface area contributed by atoms with Crippen LogP contribution in [0.3, 0.4) is 0 Å². The maximum Gasteiger partial charge on any atom is 0.261 e. The Kier molecular flexibility index (Phi) is 9.51. The summed E-state index contributed by atoms with van der Waals surface area (Å²) in [4.78, 5) is 2.33. The summed E-state index contributed by atoms with van der Waals surface area (Å²) in [5.74, 6) is 0.651. The normalized spacial score (nSPS) is 11.2. The van der Waals surface area contributed by atoms with Gasteiger partial charge in [-0.3, -0.25) is 4.55 Å². The van der Waals surface area contributed by atoms with Gasteiger partial charge >= 0.3 is 0 Å². The van der Waals surface area contributed by atoms with Gasteiger partial charge in [-0.2, -0.15) is 8.42 Å². The summed E-state index contributed by atoms with van der Waals surface area (Å²) < 4.78 is 33.8.